The third kappa shape index (κ3) is 4.34. The van der Waals surface area contributed by atoms with Crippen molar-refractivity contribution in [1.29, 1.82) is 0 Å². The van der Waals surface area contributed by atoms with Crippen molar-refractivity contribution in [3.63, 3.8) is 0 Å². The molecule has 102 valence electrons. The highest BCUT2D eigenvalue weighted by Gasteiger charge is 2.17. The van der Waals surface area contributed by atoms with Gasteiger partial charge in [-0.1, -0.05) is 12.1 Å². The van der Waals surface area contributed by atoms with E-state index in [9.17, 15) is 17.2 Å². The first-order valence-electron chi connectivity index (χ1n) is 5.58. The maximum absolute atomic E-state index is 13.5. The van der Waals surface area contributed by atoms with Crippen molar-refractivity contribution in [3.05, 3.63) is 35.4 Å². The summed E-state index contributed by atoms with van der Waals surface area (Å²) in [6.07, 6.45) is 1.14. The lowest BCUT2D eigenvalue weighted by Crippen LogP contribution is -2.35. The quantitative estimate of drug-likeness (QED) is 0.896. The highest BCUT2D eigenvalue weighted by atomic mass is 32.2. The molecular weight excluding hydrogens is 260 g/mol. The Morgan fingerprint density at radius 3 is 2.44 bits per heavy atom. The second-order valence-corrected chi connectivity index (χ2v) is 6.71. The molecule has 0 aliphatic rings. The predicted molar refractivity (Wildman–Crippen MR) is 67.1 cm³/mol. The van der Waals surface area contributed by atoms with E-state index < -0.39 is 27.5 Å². The summed E-state index contributed by atoms with van der Waals surface area (Å²) in [6, 6.07) is 3.15. The van der Waals surface area contributed by atoms with Gasteiger partial charge < -0.3 is 5.32 Å². The molecule has 0 radical (unpaired) electrons. The van der Waals surface area contributed by atoms with Gasteiger partial charge in [0, 0.05) is 23.9 Å². The Labute approximate surface area is 106 Å². The number of hydrogen-bond donors (Lipinski definition) is 1. The van der Waals surface area contributed by atoms with Crippen LogP contribution < -0.4 is 5.32 Å². The number of sulfone groups is 1. The molecule has 2 unspecified atom stereocenters. The average molecular weight is 277 g/mol. The molecule has 0 saturated carbocycles. The van der Waals surface area contributed by atoms with Crippen LogP contribution in [0.5, 0.6) is 0 Å². The van der Waals surface area contributed by atoms with E-state index in [1.54, 1.807) is 13.8 Å². The Bertz CT molecular complexity index is 517. The third-order valence-electron chi connectivity index (χ3n) is 2.54. The lowest BCUT2D eigenvalue weighted by atomic mass is 10.1. The number of nitrogens with one attached hydrogen (secondary N) is 1. The molecule has 0 spiro atoms. The van der Waals surface area contributed by atoms with Gasteiger partial charge in [-0.3, -0.25) is 0 Å². The molecule has 0 saturated heterocycles. The fourth-order valence-electron chi connectivity index (χ4n) is 1.87. The minimum Gasteiger partial charge on any atom is -0.307 e. The maximum Gasteiger partial charge on any atom is 0.163 e. The van der Waals surface area contributed by atoms with Crippen LogP contribution in [0.4, 0.5) is 8.78 Å². The molecule has 1 N–H and O–H groups in total. The van der Waals surface area contributed by atoms with Gasteiger partial charge in [-0.25, -0.2) is 17.2 Å². The summed E-state index contributed by atoms with van der Waals surface area (Å²) < 4.78 is 48.8. The van der Waals surface area contributed by atoms with Crippen molar-refractivity contribution in [1.82, 2.24) is 5.32 Å². The van der Waals surface area contributed by atoms with Gasteiger partial charge in [-0.05, 0) is 19.9 Å². The number of benzene rings is 1. The summed E-state index contributed by atoms with van der Waals surface area (Å²) in [7, 11) is -3.10. The normalized spacial score (nSPS) is 15.4. The van der Waals surface area contributed by atoms with Crippen molar-refractivity contribution in [2.75, 3.05) is 12.0 Å². The zero-order chi connectivity index (χ0) is 13.9. The van der Waals surface area contributed by atoms with Gasteiger partial charge in [0.2, 0.25) is 0 Å². The van der Waals surface area contributed by atoms with Gasteiger partial charge >= 0.3 is 0 Å². The van der Waals surface area contributed by atoms with E-state index in [1.165, 1.54) is 12.1 Å². The standard InChI is InChI=1S/C12H17F2NO2S/c1-8(7-18(3,16)17)15-9(2)10-5-4-6-11(13)12(10)14/h4-6,8-9,15H,7H2,1-3H3. The third-order valence-corrected chi connectivity index (χ3v) is 3.64. The molecule has 0 aliphatic heterocycles. The van der Waals surface area contributed by atoms with Gasteiger partial charge in [0.05, 0.1) is 5.75 Å². The van der Waals surface area contributed by atoms with Crippen LogP contribution in [-0.4, -0.2) is 26.5 Å². The Kier molecular flexibility index (Phi) is 4.81. The highest BCUT2D eigenvalue weighted by molar-refractivity contribution is 7.90. The van der Waals surface area contributed by atoms with Crippen molar-refractivity contribution in [3.8, 4) is 0 Å². The Morgan fingerprint density at radius 1 is 1.28 bits per heavy atom. The van der Waals surface area contributed by atoms with E-state index in [-0.39, 0.29) is 17.4 Å². The molecule has 0 heterocycles. The van der Waals surface area contributed by atoms with E-state index in [2.05, 4.69) is 5.32 Å². The molecule has 1 aromatic carbocycles. The molecule has 6 heteroatoms. The number of halogens is 2. The zero-order valence-electron chi connectivity index (χ0n) is 10.6. The van der Waals surface area contributed by atoms with Crippen LogP contribution in [0.2, 0.25) is 0 Å². The van der Waals surface area contributed by atoms with E-state index in [4.69, 9.17) is 0 Å². The van der Waals surface area contributed by atoms with Crippen molar-refractivity contribution < 1.29 is 17.2 Å². The summed E-state index contributed by atoms with van der Waals surface area (Å²) in [5, 5.41) is 2.93. The highest BCUT2D eigenvalue weighted by Crippen LogP contribution is 2.19. The van der Waals surface area contributed by atoms with Gasteiger partial charge in [0.1, 0.15) is 9.84 Å². The monoisotopic (exact) mass is 277 g/mol. The van der Waals surface area contributed by atoms with Crippen molar-refractivity contribution in [2.24, 2.45) is 0 Å². The van der Waals surface area contributed by atoms with Crippen molar-refractivity contribution in [2.45, 2.75) is 25.9 Å². The van der Waals surface area contributed by atoms with Crippen LogP contribution in [0.15, 0.2) is 18.2 Å². The SMILES string of the molecule is CC(CS(C)(=O)=O)NC(C)c1cccc(F)c1F. The molecule has 18 heavy (non-hydrogen) atoms. The zero-order valence-corrected chi connectivity index (χ0v) is 11.4. The minimum absolute atomic E-state index is 0.0473. The predicted octanol–water partition coefficient (Wildman–Crippen LogP) is 2.05. The second-order valence-electron chi connectivity index (χ2n) is 4.52. The first-order chi connectivity index (χ1) is 8.20. The van der Waals surface area contributed by atoms with Crippen LogP contribution >= 0.6 is 0 Å². The van der Waals surface area contributed by atoms with E-state index in [0.29, 0.717) is 0 Å². The van der Waals surface area contributed by atoms with E-state index in [1.807, 2.05) is 0 Å². The fourth-order valence-corrected chi connectivity index (χ4v) is 2.88. The van der Waals surface area contributed by atoms with Gasteiger partial charge in [-0.15, -0.1) is 0 Å². The van der Waals surface area contributed by atoms with Crippen LogP contribution in [0.3, 0.4) is 0 Å². The summed E-state index contributed by atoms with van der Waals surface area (Å²) in [4.78, 5) is 0. The number of hydrogen-bond acceptors (Lipinski definition) is 3. The van der Waals surface area contributed by atoms with Gasteiger partial charge in [-0.2, -0.15) is 0 Å². The largest absolute Gasteiger partial charge is 0.307 e. The van der Waals surface area contributed by atoms with Crippen LogP contribution in [0, 0.1) is 11.6 Å². The Hall–Kier alpha value is -1.01. The molecule has 0 bridgehead atoms. The molecule has 0 amide bonds. The summed E-state index contributed by atoms with van der Waals surface area (Å²) in [6.45, 7) is 3.35. The van der Waals surface area contributed by atoms with Gasteiger partial charge in [0.15, 0.2) is 11.6 Å². The molecule has 1 rings (SSSR count). The molecule has 2 atom stereocenters. The number of rotatable bonds is 5. The second kappa shape index (κ2) is 5.75. The minimum atomic E-state index is -3.10. The first-order valence-corrected chi connectivity index (χ1v) is 7.64. The molecule has 0 fully saturated rings. The lowest BCUT2D eigenvalue weighted by molar-refractivity contribution is 0.453. The molecule has 3 nitrogen and oxygen atoms in total. The van der Waals surface area contributed by atoms with Gasteiger partial charge in [0.25, 0.3) is 0 Å². The van der Waals surface area contributed by atoms with Crippen LogP contribution in [0.1, 0.15) is 25.5 Å². The summed E-state index contributed by atoms with van der Waals surface area (Å²) in [5.74, 6) is -1.85. The lowest BCUT2D eigenvalue weighted by Gasteiger charge is -2.20. The maximum atomic E-state index is 13.5. The van der Waals surface area contributed by atoms with Crippen LogP contribution in [-0.2, 0) is 9.84 Å². The summed E-state index contributed by atoms with van der Waals surface area (Å²) >= 11 is 0. The van der Waals surface area contributed by atoms with E-state index in [0.717, 1.165) is 12.3 Å². The van der Waals surface area contributed by atoms with Crippen molar-refractivity contribution >= 4 is 9.84 Å². The van der Waals surface area contributed by atoms with E-state index >= 15 is 0 Å². The average Bonchev–Trinajstić information content (AvgIpc) is 2.18. The Morgan fingerprint density at radius 2 is 1.89 bits per heavy atom. The molecule has 0 aliphatic carbocycles. The van der Waals surface area contributed by atoms with Crippen LogP contribution in [0.25, 0.3) is 0 Å². The molecule has 1 aromatic rings. The fraction of sp³-hybridized carbons (Fsp3) is 0.500. The molecule has 0 aromatic heterocycles. The summed E-state index contributed by atoms with van der Waals surface area (Å²) in [5.41, 5.74) is 0.190. The Balaban J connectivity index is 2.77. The molecular formula is C12H17F2NO2S. The smallest absolute Gasteiger partial charge is 0.163 e. The topological polar surface area (TPSA) is 46.2 Å². The first kappa shape index (κ1) is 15.0.